The molecule has 1 aromatic rings. The maximum Gasteiger partial charge on any atom is 0.191 e. The Morgan fingerprint density at radius 2 is 2.17 bits per heavy atom. The largest absolute Gasteiger partial charge is 0.496 e. The molecule has 6 heteroatoms. The van der Waals surface area contributed by atoms with Crippen LogP contribution in [0.5, 0.6) is 5.75 Å². The summed E-state index contributed by atoms with van der Waals surface area (Å²) in [7, 11) is 3.45. The molecule has 0 unspecified atom stereocenters. The highest BCUT2D eigenvalue weighted by molar-refractivity contribution is 9.10. The molecule has 0 amide bonds. The van der Waals surface area contributed by atoms with Gasteiger partial charge in [-0.1, -0.05) is 6.07 Å². The zero-order valence-electron chi connectivity index (χ0n) is 13.9. The monoisotopic (exact) mass is 383 g/mol. The van der Waals surface area contributed by atoms with Crippen LogP contribution in [0.1, 0.15) is 24.8 Å². The highest BCUT2D eigenvalue weighted by Crippen LogP contribution is 2.28. The molecule has 1 aliphatic rings. The molecule has 0 saturated heterocycles. The molecule has 0 aliphatic heterocycles. The zero-order valence-corrected chi connectivity index (χ0v) is 15.5. The second-order valence-electron chi connectivity index (χ2n) is 5.69. The van der Waals surface area contributed by atoms with Crippen molar-refractivity contribution in [1.29, 1.82) is 0 Å². The molecule has 2 rings (SSSR count). The van der Waals surface area contributed by atoms with Crippen LogP contribution in [0.15, 0.2) is 27.7 Å². The van der Waals surface area contributed by atoms with Gasteiger partial charge in [-0.15, -0.1) is 0 Å². The maximum atomic E-state index is 5.62. The lowest BCUT2D eigenvalue weighted by molar-refractivity contribution is 0.123. The number of hydrogen-bond acceptors (Lipinski definition) is 3. The number of methoxy groups -OCH3 is 1. The van der Waals surface area contributed by atoms with E-state index in [1.807, 2.05) is 18.2 Å². The third-order valence-corrected chi connectivity index (χ3v) is 4.33. The Morgan fingerprint density at radius 3 is 2.83 bits per heavy atom. The topological polar surface area (TPSA) is 54.9 Å². The van der Waals surface area contributed by atoms with Gasteiger partial charge in [-0.05, 0) is 58.8 Å². The van der Waals surface area contributed by atoms with Crippen LogP contribution in [-0.2, 0) is 11.3 Å². The molecule has 0 heterocycles. The quantitative estimate of drug-likeness (QED) is 0.391. The van der Waals surface area contributed by atoms with Crippen molar-refractivity contribution < 1.29 is 9.47 Å². The minimum Gasteiger partial charge on any atom is -0.496 e. The van der Waals surface area contributed by atoms with Crippen LogP contribution in [0.4, 0.5) is 0 Å². The van der Waals surface area contributed by atoms with Gasteiger partial charge in [0.05, 0.1) is 11.6 Å². The van der Waals surface area contributed by atoms with E-state index in [-0.39, 0.29) is 0 Å². The molecule has 1 aliphatic carbocycles. The molecular weight excluding hydrogens is 358 g/mol. The van der Waals surface area contributed by atoms with Crippen LogP contribution in [0.25, 0.3) is 0 Å². The van der Waals surface area contributed by atoms with Gasteiger partial charge < -0.3 is 20.1 Å². The predicted octanol–water partition coefficient (Wildman–Crippen LogP) is 2.94. The Hall–Kier alpha value is -1.27. The van der Waals surface area contributed by atoms with Crippen molar-refractivity contribution >= 4 is 21.9 Å². The van der Waals surface area contributed by atoms with Crippen molar-refractivity contribution in [3.8, 4) is 5.75 Å². The Bertz CT molecular complexity index is 519. The fourth-order valence-corrected chi connectivity index (χ4v) is 2.73. The molecule has 5 nitrogen and oxygen atoms in total. The van der Waals surface area contributed by atoms with E-state index in [0.29, 0.717) is 6.54 Å². The highest BCUT2D eigenvalue weighted by atomic mass is 79.9. The molecule has 0 aromatic heterocycles. The summed E-state index contributed by atoms with van der Waals surface area (Å²) in [5, 5.41) is 6.61. The van der Waals surface area contributed by atoms with Crippen molar-refractivity contribution in [1.82, 2.24) is 10.6 Å². The molecule has 23 heavy (non-hydrogen) atoms. The summed E-state index contributed by atoms with van der Waals surface area (Å²) >= 11 is 3.50. The fraction of sp³-hybridized carbons (Fsp3) is 0.588. The van der Waals surface area contributed by atoms with E-state index in [1.54, 1.807) is 14.2 Å². The summed E-state index contributed by atoms with van der Waals surface area (Å²) in [5.74, 6) is 2.47. The number of nitrogens with zero attached hydrogens (tertiary/aromatic N) is 1. The van der Waals surface area contributed by atoms with Gasteiger partial charge in [-0.25, -0.2) is 0 Å². The van der Waals surface area contributed by atoms with Gasteiger partial charge in [0.25, 0.3) is 0 Å². The molecule has 1 saturated carbocycles. The lowest BCUT2D eigenvalue weighted by Gasteiger charge is -2.13. The normalized spacial score (nSPS) is 14.7. The summed E-state index contributed by atoms with van der Waals surface area (Å²) in [4.78, 5) is 4.23. The van der Waals surface area contributed by atoms with Gasteiger partial charge in [0.15, 0.2) is 5.96 Å². The van der Waals surface area contributed by atoms with Crippen molar-refractivity contribution in [2.45, 2.75) is 25.8 Å². The van der Waals surface area contributed by atoms with Crippen LogP contribution in [0.3, 0.4) is 0 Å². The van der Waals surface area contributed by atoms with Crippen molar-refractivity contribution in [2.75, 3.05) is 33.9 Å². The Morgan fingerprint density at radius 1 is 1.35 bits per heavy atom. The Balaban J connectivity index is 1.62. The van der Waals surface area contributed by atoms with Crippen LogP contribution < -0.4 is 15.4 Å². The Labute approximate surface area is 147 Å². The van der Waals surface area contributed by atoms with Gasteiger partial charge in [0.2, 0.25) is 0 Å². The zero-order chi connectivity index (χ0) is 16.5. The van der Waals surface area contributed by atoms with Gasteiger partial charge in [-0.2, -0.15) is 0 Å². The molecule has 1 fully saturated rings. The average molecular weight is 384 g/mol. The minimum absolute atomic E-state index is 0.709. The van der Waals surface area contributed by atoms with Gasteiger partial charge in [0, 0.05) is 33.4 Å². The second kappa shape index (κ2) is 9.78. The average Bonchev–Trinajstić information content (AvgIpc) is 3.38. The van der Waals surface area contributed by atoms with Crippen LogP contribution >= 0.6 is 15.9 Å². The first-order chi connectivity index (χ1) is 11.2. The minimum atomic E-state index is 0.709. The van der Waals surface area contributed by atoms with E-state index in [1.165, 1.54) is 12.8 Å². The third-order valence-electron chi connectivity index (χ3n) is 3.71. The first kappa shape index (κ1) is 18.1. The lowest BCUT2D eigenvalue weighted by Crippen LogP contribution is -2.37. The molecule has 1 aromatic carbocycles. The van der Waals surface area contributed by atoms with Crippen molar-refractivity contribution in [2.24, 2.45) is 10.9 Å². The number of hydrogen-bond donors (Lipinski definition) is 2. The predicted molar refractivity (Wildman–Crippen MR) is 97.1 cm³/mol. The molecule has 0 bridgehead atoms. The van der Waals surface area contributed by atoms with Gasteiger partial charge in [0.1, 0.15) is 5.75 Å². The molecule has 128 valence electrons. The molecule has 0 spiro atoms. The first-order valence-electron chi connectivity index (χ1n) is 8.07. The van der Waals surface area contributed by atoms with E-state index in [2.05, 4.69) is 31.6 Å². The van der Waals surface area contributed by atoms with Gasteiger partial charge in [-0.3, -0.25) is 4.99 Å². The van der Waals surface area contributed by atoms with E-state index in [9.17, 15) is 0 Å². The number of guanidine groups is 1. The SMILES string of the molecule is CN=C(NCCCOCC1CC1)NCc1ccc(OC)c(Br)c1. The second-order valence-corrected chi connectivity index (χ2v) is 6.55. The summed E-state index contributed by atoms with van der Waals surface area (Å²) < 4.78 is 11.8. The number of nitrogens with one attached hydrogen (secondary N) is 2. The summed E-state index contributed by atoms with van der Waals surface area (Å²) in [6, 6.07) is 6.04. The van der Waals surface area contributed by atoms with E-state index >= 15 is 0 Å². The standard InChI is InChI=1S/C17H26BrN3O2/c1-19-17(20-8-3-9-23-12-13-4-5-13)21-11-14-6-7-16(22-2)15(18)10-14/h6-7,10,13H,3-5,8-9,11-12H2,1-2H3,(H2,19,20,21). The first-order valence-corrected chi connectivity index (χ1v) is 8.87. The maximum absolute atomic E-state index is 5.62. The lowest BCUT2D eigenvalue weighted by atomic mass is 10.2. The van der Waals surface area contributed by atoms with Crippen molar-refractivity contribution in [3.63, 3.8) is 0 Å². The number of halogens is 1. The van der Waals surface area contributed by atoms with Crippen molar-refractivity contribution in [3.05, 3.63) is 28.2 Å². The summed E-state index contributed by atoms with van der Waals surface area (Å²) in [5.41, 5.74) is 1.16. The number of rotatable bonds is 9. The van der Waals surface area contributed by atoms with E-state index < -0.39 is 0 Å². The molecular formula is C17H26BrN3O2. The number of ether oxygens (including phenoxy) is 2. The van der Waals surface area contributed by atoms with E-state index in [0.717, 1.165) is 53.8 Å². The fourth-order valence-electron chi connectivity index (χ4n) is 2.14. The highest BCUT2D eigenvalue weighted by Gasteiger charge is 2.20. The molecule has 2 N–H and O–H groups in total. The number of benzene rings is 1. The third kappa shape index (κ3) is 6.79. The summed E-state index contributed by atoms with van der Waals surface area (Å²) in [6.45, 7) is 3.31. The van der Waals surface area contributed by atoms with Gasteiger partial charge >= 0.3 is 0 Å². The Kier molecular flexibility index (Phi) is 7.68. The summed E-state index contributed by atoms with van der Waals surface area (Å²) in [6.07, 6.45) is 3.67. The smallest absolute Gasteiger partial charge is 0.191 e. The molecule has 0 radical (unpaired) electrons. The molecule has 0 atom stereocenters. The van der Waals surface area contributed by atoms with Crippen LogP contribution in [0, 0.1) is 5.92 Å². The van der Waals surface area contributed by atoms with Crippen LogP contribution in [-0.4, -0.2) is 39.9 Å². The number of aliphatic imine (C=N–C) groups is 1. The van der Waals surface area contributed by atoms with E-state index in [4.69, 9.17) is 9.47 Å². The van der Waals surface area contributed by atoms with Crippen LogP contribution in [0.2, 0.25) is 0 Å².